The summed E-state index contributed by atoms with van der Waals surface area (Å²) >= 11 is 0. The zero-order valence-electron chi connectivity index (χ0n) is 9.80. The Kier molecular flexibility index (Phi) is 3.34. The molecule has 0 aliphatic carbocycles. The minimum atomic E-state index is 0.644. The van der Waals surface area contributed by atoms with E-state index in [2.05, 4.69) is 36.3 Å². The summed E-state index contributed by atoms with van der Waals surface area (Å²) in [6, 6.07) is 10.1. The molecule has 84 valence electrons. The summed E-state index contributed by atoms with van der Waals surface area (Å²) < 4.78 is 1.93. The number of hydrogen-bond acceptors (Lipinski definition) is 2. The van der Waals surface area contributed by atoms with Gasteiger partial charge in [0, 0.05) is 12.1 Å². The van der Waals surface area contributed by atoms with Crippen LogP contribution in [-0.4, -0.2) is 15.0 Å². The van der Waals surface area contributed by atoms with E-state index in [4.69, 9.17) is 0 Å². The monoisotopic (exact) mass is 215 g/mol. The van der Waals surface area contributed by atoms with Gasteiger partial charge in [-0.2, -0.15) is 0 Å². The average Bonchev–Trinajstić information content (AvgIpc) is 2.78. The smallest absolute Gasteiger partial charge is 0.113 e. The largest absolute Gasteiger partial charge is 0.252 e. The first kappa shape index (κ1) is 10.9. The van der Waals surface area contributed by atoms with Gasteiger partial charge >= 0.3 is 0 Å². The van der Waals surface area contributed by atoms with Gasteiger partial charge in [-0.05, 0) is 5.92 Å². The van der Waals surface area contributed by atoms with Crippen LogP contribution >= 0.6 is 0 Å². The molecule has 0 saturated carbocycles. The molecular formula is C13H17N3. The average molecular weight is 215 g/mol. The van der Waals surface area contributed by atoms with Crippen molar-refractivity contribution in [2.75, 3.05) is 0 Å². The molecule has 0 spiro atoms. The molecule has 0 N–H and O–H groups in total. The Morgan fingerprint density at radius 2 is 2.00 bits per heavy atom. The molecule has 1 aromatic heterocycles. The second kappa shape index (κ2) is 4.92. The molecular weight excluding hydrogens is 198 g/mol. The highest BCUT2D eigenvalue weighted by atomic mass is 15.4. The second-order valence-corrected chi connectivity index (χ2v) is 4.21. The van der Waals surface area contributed by atoms with Crippen LogP contribution in [0.25, 0.3) is 11.3 Å². The fourth-order valence-electron chi connectivity index (χ4n) is 1.58. The summed E-state index contributed by atoms with van der Waals surface area (Å²) in [5, 5.41) is 8.33. The molecule has 2 rings (SSSR count). The Labute approximate surface area is 96.1 Å². The molecule has 1 unspecified atom stereocenters. The van der Waals surface area contributed by atoms with Crippen LogP contribution in [0, 0.1) is 5.92 Å². The molecule has 1 atom stereocenters. The van der Waals surface area contributed by atoms with Gasteiger partial charge in [0.15, 0.2) is 0 Å². The maximum atomic E-state index is 4.19. The van der Waals surface area contributed by atoms with Gasteiger partial charge in [-0.15, -0.1) is 5.10 Å². The van der Waals surface area contributed by atoms with Gasteiger partial charge in [0.25, 0.3) is 0 Å². The minimum absolute atomic E-state index is 0.644. The molecule has 0 aliphatic heterocycles. The number of rotatable bonds is 4. The van der Waals surface area contributed by atoms with E-state index in [-0.39, 0.29) is 0 Å². The van der Waals surface area contributed by atoms with Crippen LogP contribution in [-0.2, 0) is 6.54 Å². The van der Waals surface area contributed by atoms with Crippen molar-refractivity contribution in [1.82, 2.24) is 15.0 Å². The Balaban J connectivity index is 2.14. The van der Waals surface area contributed by atoms with E-state index in [0.717, 1.165) is 17.8 Å². The fourth-order valence-corrected chi connectivity index (χ4v) is 1.58. The second-order valence-electron chi connectivity index (χ2n) is 4.21. The summed E-state index contributed by atoms with van der Waals surface area (Å²) in [7, 11) is 0. The van der Waals surface area contributed by atoms with E-state index in [1.54, 1.807) is 0 Å². The SMILES string of the molecule is CCC(C)Cn1cc(-c2ccccc2)nn1. The molecule has 3 nitrogen and oxygen atoms in total. The lowest BCUT2D eigenvalue weighted by Crippen LogP contribution is -2.06. The van der Waals surface area contributed by atoms with Crippen molar-refractivity contribution in [3.63, 3.8) is 0 Å². The minimum Gasteiger partial charge on any atom is -0.252 e. The first-order valence-electron chi connectivity index (χ1n) is 5.75. The zero-order valence-corrected chi connectivity index (χ0v) is 9.80. The van der Waals surface area contributed by atoms with E-state index in [9.17, 15) is 0 Å². The summed E-state index contributed by atoms with van der Waals surface area (Å²) in [5.41, 5.74) is 2.07. The highest BCUT2D eigenvalue weighted by Gasteiger charge is 2.05. The maximum absolute atomic E-state index is 4.19. The van der Waals surface area contributed by atoms with Crippen molar-refractivity contribution in [1.29, 1.82) is 0 Å². The third-order valence-corrected chi connectivity index (χ3v) is 2.80. The molecule has 16 heavy (non-hydrogen) atoms. The number of aromatic nitrogens is 3. The van der Waals surface area contributed by atoms with Gasteiger partial charge in [-0.3, -0.25) is 4.68 Å². The molecule has 0 radical (unpaired) electrons. The molecule has 3 heteroatoms. The maximum Gasteiger partial charge on any atom is 0.113 e. The van der Waals surface area contributed by atoms with E-state index in [1.165, 1.54) is 6.42 Å². The summed E-state index contributed by atoms with van der Waals surface area (Å²) in [6.07, 6.45) is 3.18. The van der Waals surface area contributed by atoms with E-state index in [0.29, 0.717) is 5.92 Å². The normalized spacial score (nSPS) is 12.6. The van der Waals surface area contributed by atoms with Crippen LogP contribution in [0.15, 0.2) is 36.5 Å². The predicted molar refractivity (Wildman–Crippen MR) is 64.9 cm³/mol. The van der Waals surface area contributed by atoms with Crippen molar-refractivity contribution in [3.8, 4) is 11.3 Å². The third-order valence-electron chi connectivity index (χ3n) is 2.80. The van der Waals surface area contributed by atoms with Crippen molar-refractivity contribution in [2.24, 2.45) is 5.92 Å². The lowest BCUT2D eigenvalue weighted by Gasteiger charge is -2.06. The predicted octanol–water partition coefficient (Wildman–Crippen LogP) is 2.99. The first-order valence-corrected chi connectivity index (χ1v) is 5.75. The highest BCUT2D eigenvalue weighted by molar-refractivity contribution is 5.56. The molecule has 2 aromatic rings. The van der Waals surface area contributed by atoms with Crippen LogP contribution in [0.3, 0.4) is 0 Å². The van der Waals surface area contributed by atoms with Gasteiger partial charge in [0.05, 0.1) is 6.20 Å². The van der Waals surface area contributed by atoms with E-state index < -0.39 is 0 Å². The van der Waals surface area contributed by atoms with Gasteiger partial charge in [0.1, 0.15) is 5.69 Å². The fraction of sp³-hybridized carbons (Fsp3) is 0.385. The molecule has 0 fully saturated rings. The third kappa shape index (κ3) is 2.48. The van der Waals surface area contributed by atoms with Crippen LogP contribution < -0.4 is 0 Å². The number of nitrogens with zero attached hydrogens (tertiary/aromatic N) is 3. The van der Waals surface area contributed by atoms with Gasteiger partial charge < -0.3 is 0 Å². The zero-order chi connectivity index (χ0) is 11.4. The summed E-state index contributed by atoms with van der Waals surface area (Å²) in [5.74, 6) is 0.644. The van der Waals surface area contributed by atoms with Crippen molar-refractivity contribution in [2.45, 2.75) is 26.8 Å². The van der Waals surface area contributed by atoms with E-state index in [1.807, 2.05) is 29.1 Å². The number of hydrogen-bond donors (Lipinski definition) is 0. The Morgan fingerprint density at radius 3 is 2.69 bits per heavy atom. The van der Waals surface area contributed by atoms with Crippen LogP contribution in [0.2, 0.25) is 0 Å². The Hall–Kier alpha value is -1.64. The molecule has 0 amide bonds. The molecule has 1 heterocycles. The quantitative estimate of drug-likeness (QED) is 0.785. The van der Waals surface area contributed by atoms with Gasteiger partial charge in [-0.25, -0.2) is 0 Å². The van der Waals surface area contributed by atoms with Crippen LogP contribution in [0.5, 0.6) is 0 Å². The summed E-state index contributed by atoms with van der Waals surface area (Å²) in [4.78, 5) is 0. The van der Waals surface area contributed by atoms with Crippen molar-refractivity contribution in [3.05, 3.63) is 36.5 Å². The van der Waals surface area contributed by atoms with Crippen LogP contribution in [0.1, 0.15) is 20.3 Å². The van der Waals surface area contributed by atoms with Crippen LogP contribution in [0.4, 0.5) is 0 Å². The molecule has 0 saturated heterocycles. The summed E-state index contributed by atoms with van der Waals surface area (Å²) in [6.45, 7) is 5.36. The van der Waals surface area contributed by atoms with Crippen molar-refractivity contribution >= 4 is 0 Å². The van der Waals surface area contributed by atoms with E-state index >= 15 is 0 Å². The topological polar surface area (TPSA) is 30.7 Å². The lowest BCUT2D eigenvalue weighted by molar-refractivity contribution is 0.431. The first-order chi connectivity index (χ1) is 7.79. The molecule has 1 aromatic carbocycles. The standard InChI is InChI=1S/C13H17N3/c1-3-11(2)9-16-10-13(14-15-16)12-7-5-4-6-8-12/h4-8,10-11H,3,9H2,1-2H3. The lowest BCUT2D eigenvalue weighted by atomic mass is 10.1. The molecule has 0 bridgehead atoms. The Morgan fingerprint density at radius 1 is 1.25 bits per heavy atom. The highest BCUT2D eigenvalue weighted by Crippen LogP contribution is 2.15. The Bertz CT molecular complexity index is 433. The number of benzene rings is 1. The molecule has 0 aliphatic rings. The van der Waals surface area contributed by atoms with Gasteiger partial charge in [0.2, 0.25) is 0 Å². The van der Waals surface area contributed by atoms with Gasteiger partial charge in [-0.1, -0.05) is 55.8 Å². The van der Waals surface area contributed by atoms with Crippen molar-refractivity contribution < 1.29 is 0 Å².